The molecule has 1 rings (SSSR count). The number of hydrazone groups is 1. The second-order valence-electron chi connectivity index (χ2n) is 4.11. The molecule has 0 amide bonds. The van der Waals surface area contributed by atoms with Crippen LogP contribution in [0.1, 0.15) is 26.3 Å². The van der Waals surface area contributed by atoms with Crippen molar-refractivity contribution < 1.29 is 0 Å². The van der Waals surface area contributed by atoms with Crippen LogP contribution in [0.4, 0.5) is 5.69 Å². The highest BCUT2D eigenvalue weighted by Gasteiger charge is 2.06. The van der Waals surface area contributed by atoms with E-state index in [0.29, 0.717) is 5.11 Å². The van der Waals surface area contributed by atoms with Crippen LogP contribution in [0.25, 0.3) is 0 Å². The van der Waals surface area contributed by atoms with Crippen LogP contribution in [0.5, 0.6) is 0 Å². The van der Waals surface area contributed by atoms with Crippen LogP contribution in [0.2, 0.25) is 0 Å². The highest BCUT2D eigenvalue weighted by Crippen LogP contribution is 2.26. The summed E-state index contributed by atoms with van der Waals surface area (Å²) >= 11 is 8.64. The van der Waals surface area contributed by atoms with Crippen LogP contribution >= 0.6 is 28.1 Å². The van der Waals surface area contributed by atoms with Gasteiger partial charge in [0, 0.05) is 24.1 Å². The summed E-state index contributed by atoms with van der Waals surface area (Å²) in [7, 11) is 0. The van der Waals surface area contributed by atoms with E-state index < -0.39 is 0 Å². The number of nitrogens with one attached hydrogen (secondary N) is 2. The van der Waals surface area contributed by atoms with Gasteiger partial charge in [0.2, 0.25) is 0 Å². The van der Waals surface area contributed by atoms with Crippen molar-refractivity contribution in [3.05, 3.63) is 28.2 Å². The number of thiocarbonyl (C=S) groups is 1. The summed E-state index contributed by atoms with van der Waals surface area (Å²) in [5, 5.41) is 7.61. The van der Waals surface area contributed by atoms with E-state index in [4.69, 9.17) is 12.2 Å². The van der Waals surface area contributed by atoms with Gasteiger partial charge in [-0.25, -0.2) is 0 Å². The van der Waals surface area contributed by atoms with Crippen molar-refractivity contribution in [2.45, 2.75) is 20.8 Å². The monoisotopic (exact) mass is 356 g/mol. The van der Waals surface area contributed by atoms with Gasteiger partial charge in [-0.3, -0.25) is 5.43 Å². The van der Waals surface area contributed by atoms with Crippen LogP contribution in [0.3, 0.4) is 0 Å². The Labute approximate surface area is 134 Å². The van der Waals surface area contributed by atoms with Crippen LogP contribution in [-0.4, -0.2) is 31.0 Å². The normalized spacial score (nSPS) is 10.6. The molecule has 0 aliphatic heterocycles. The third-order valence-corrected chi connectivity index (χ3v) is 3.66. The number of halogens is 1. The SMILES string of the molecule is CCNC(=S)N/N=C\c1ccc(N(CC)CC)c(Br)c1. The zero-order valence-electron chi connectivity index (χ0n) is 12.1. The lowest BCUT2D eigenvalue weighted by molar-refractivity contribution is 0.864. The first-order valence-corrected chi connectivity index (χ1v) is 7.93. The van der Waals surface area contributed by atoms with Crippen molar-refractivity contribution in [2.24, 2.45) is 5.10 Å². The van der Waals surface area contributed by atoms with E-state index in [0.717, 1.165) is 29.7 Å². The molecular formula is C14H21BrN4S. The summed E-state index contributed by atoms with van der Waals surface area (Å²) < 4.78 is 1.07. The zero-order valence-corrected chi connectivity index (χ0v) is 14.5. The Morgan fingerprint density at radius 2 is 2.05 bits per heavy atom. The highest BCUT2D eigenvalue weighted by atomic mass is 79.9. The lowest BCUT2D eigenvalue weighted by atomic mass is 10.2. The first-order valence-electron chi connectivity index (χ1n) is 6.73. The molecule has 110 valence electrons. The largest absolute Gasteiger partial charge is 0.371 e. The van der Waals surface area contributed by atoms with Crippen molar-refractivity contribution in [3.63, 3.8) is 0 Å². The standard InChI is InChI=1S/C14H21BrN4S/c1-4-16-14(20)18-17-10-11-7-8-13(12(15)9-11)19(5-2)6-3/h7-10H,4-6H2,1-3H3,(H2,16,18,20)/b17-10-. The molecule has 0 saturated carbocycles. The van der Waals surface area contributed by atoms with Crippen molar-refractivity contribution >= 4 is 45.2 Å². The first kappa shape index (κ1) is 16.9. The van der Waals surface area contributed by atoms with Gasteiger partial charge in [-0.15, -0.1) is 0 Å². The quantitative estimate of drug-likeness (QED) is 0.466. The molecule has 0 fully saturated rings. The van der Waals surface area contributed by atoms with Gasteiger partial charge in [-0.1, -0.05) is 6.07 Å². The number of nitrogens with zero attached hydrogens (tertiary/aromatic N) is 2. The molecule has 0 unspecified atom stereocenters. The minimum Gasteiger partial charge on any atom is -0.371 e. The first-order chi connectivity index (χ1) is 9.62. The van der Waals surface area contributed by atoms with E-state index in [1.807, 2.05) is 13.0 Å². The minimum absolute atomic E-state index is 0.530. The van der Waals surface area contributed by atoms with E-state index in [1.54, 1.807) is 6.21 Å². The second-order valence-corrected chi connectivity index (χ2v) is 5.38. The molecular weight excluding hydrogens is 336 g/mol. The molecule has 0 atom stereocenters. The minimum atomic E-state index is 0.530. The van der Waals surface area contributed by atoms with E-state index in [9.17, 15) is 0 Å². The number of rotatable bonds is 6. The second kappa shape index (κ2) is 8.92. The number of hydrogen-bond acceptors (Lipinski definition) is 3. The van der Waals surface area contributed by atoms with Crippen molar-refractivity contribution in [1.29, 1.82) is 0 Å². The molecule has 4 nitrogen and oxygen atoms in total. The van der Waals surface area contributed by atoms with Gasteiger partial charge < -0.3 is 10.2 Å². The molecule has 0 aliphatic carbocycles. The Morgan fingerprint density at radius 3 is 2.60 bits per heavy atom. The van der Waals surface area contributed by atoms with Crippen LogP contribution in [0.15, 0.2) is 27.8 Å². The maximum atomic E-state index is 5.03. The van der Waals surface area contributed by atoms with E-state index in [2.05, 4.69) is 62.7 Å². The van der Waals surface area contributed by atoms with Gasteiger partial charge >= 0.3 is 0 Å². The Bertz CT molecular complexity index is 472. The molecule has 6 heteroatoms. The summed E-state index contributed by atoms with van der Waals surface area (Å²) in [6.45, 7) is 9.04. The Kier molecular flexibility index (Phi) is 7.54. The molecule has 0 heterocycles. The van der Waals surface area contributed by atoms with Crippen molar-refractivity contribution in [1.82, 2.24) is 10.7 Å². The predicted octanol–water partition coefficient (Wildman–Crippen LogP) is 3.11. The summed E-state index contributed by atoms with van der Waals surface area (Å²) in [6.07, 6.45) is 1.75. The molecule has 1 aromatic carbocycles. The van der Waals surface area contributed by atoms with Crippen molar-refractivity contribution in [2.75, 3.05) is 24.5 Å². The fourth-order valence-electron chi connectivity index (χ4n) is 1.79. The van der Waals surface area contributed by atoms with E-state index >= 15 is 0 Å². The molecule has 2 N–H and O–H groups in total. The van der Waals surface area contributed by atoms with Crippen LogP contribution in [0, 0.1) is 0 Å². The summed E-state index contributed by atoms with van der Waals surface area (Å²) in [5.74, 6) is 0. The maximum Gasteiger partial charge on any atom is 0.186 e. The highest BCUT2D eigenvalue weighted by molar-refractivity contribution is 9.10. The average Bonchev–Trinajstić information content (AvgIpc) is 2.42. The Hall–Kier alpha value is -1.14. The molecule has 20 heavy (non-hydrogen) atoms. The molecule has 1 aromatic rings. The predicted molar refractivity (Wildman–Crippen MR) is 94.7 cm³/mol. The Morgan fingerprint density at radius 1 is 1.35 bits per heavy atom. The van der Waals surface area contributed by atoms with Gasteiger partial charge in [-0.2, -0.15) is 5.10 Å². The van der Waals surface area contributed by atoms with Gasteiger partial charge in [0.05, 0.1) is 11.9 Å². The lowest BCUT2D eigenvalue weighted by Gasteiger charge is -2.22. The summed E-state index contributed by atoms with van der Waals surface area (Å²) in [6, 6.07) is 6.19. The van der Waals surface area contributed by atoms with Gasteiger partial charge in [-0.05, 0) is 66.6 Å². The van der Waals surface area contributed by atoms with Gasteiger partial charge in [0.25, 0.3) is 0 Å². The smallest absolute Gasteiger partial charge is 0.186 e. The van der Waals surface area contributed by atoms with E-state index in [1.165, 1.54) is 5.69 Å². The van der Waals surface area contributed by atoms with Crippen LogP contribution < -0.4 is 15.6 Å². The fourth-order valence-corrected chi connectivity index (χ4v) is 2.63. The molecule has 0 radical (unpaired) electrons. The van der Waals surface area contributed by atoms with Crippen LogP contribution in [-0.2, 0) is 0 Å². The number of anilines is 1. The summed E-state index contributed by atoms with van der Waals surface area (Å²) in [4.78, 5) is 2.30. The third kappa shape index (κ3) is 5.09. The molecule has 0 aliphatic rings. The van der Waals surface area contributed by atoms with Crippen molar-refractivity contribution in [3.8, 4) is 0 Å². The molecule has 0 spiro atoms. The third-order valence-electron chi connectivity index (χ3n) is 2.79. The number of hydrogen-bond donors (Lipinski definition) is 2. The number of benzene rings is 1. The fraction of sp³-hybridized carbons (Fsp3) is 0.429. The molecule has 0 bridgehead atoms. The maximum absolute atomic E-state index is 5.03. The van der Waals surface area contributed by atoms with Gasteiger partial charge in [0.15, 0.2) is 5.11 Å². The zero-order chi connectivity index (χ0) is 15.0. The van der Waals surface area contributed by atoms with Gasteiger partial charge in [0.1, 0.15) is 0 Å². The lowest BCUT2D eigenvalue weighted by Crippen LogP contribution is -2.31. The molecule has 0 aromatic heterocycles. The topological polar surface area (TPSA) is 39.7 Å². The average molecular weight is 357 g/mol. The Balaban J connectivity index is 2.72. The summed E-state index contributed by atoms with van der Waals surface area (Å²) in [5.41, 5.74) is 4.99. The molecule has 0 saturated heterocycles. The van der Waals surface area contributed by atoms with E-state index in [-0.39, 0.29) is 0 Å².